The predicted molar refractivity (Wildman–Crippen MR) is 101 cm³/mol. The quantitative estimate of drug-likeness (QED) is 0.674. The molecule has 1 aliphatic carbocycles. The van der Waals surface area contributed by atoms with E-state index in [-0.39, 0.29) is 0 Å². The first-order valence-corrected chi connectivity index (χ1v) is 9.64. The average molecular weight is 326 g/mol. The van der Waals surface area contributed by atoms with Crippen molar-refractivity contribution in [1.82, 2.24) is 0 Å². The second-order valence-electron chi connectivity index (χ2n) is 7.12. The van der Waals surface area contributed by atoms with Gasteiger partial charge in [0.25, 0.3) is 0 Å². The summed E-state index contributed by atoms with van der Waals surface area (Å²) < 4.78 is 6.41. The first-order valence-electron chi connectivity index (χ1n) is 9.64. The number of unbranched alkanes of at least 4 members (excludes halogenated alkanes) is 1. The Hall–Kier alpha value is -1.70. The smallest absolute Gasteiger partial charge is 0.130 e. The van der Waals surface area contributed by atoms with Gasteiger partial charge in [-0.25, -0.2) is 0 Å². The van der Waals surface area contributed by atoms with Gasteiger partial charge < -0.3 is 9.84 Å². The Kier molecular flexibility index (Phi) is 5.65. The van der Waals surface area contributed by atoms with Crippen LogP contribution in [0.5, 0.6) is 11.5 Å². The highest BCUT2D eigenvalue weighted by molar-refractivity contribution is 5.96. The number of rotatable bonds is 7. The zero-order valence-electron chi connectivity index (χ0n) is 15.1. The standard InChI is InChI=1S/C22H30O2/c1-3-5-10-16(4-2)15-24-22-19-13-8-6-11-17(19)21(23)18-12-7-9-14-20(18)22/h6,8,11,13,16,23H,3-5,7,9-10,12,14-15H2,1-2H3. The van der Waals surface area contributed by atoms with E-state index in [9.17, 15) is 5.11 Å². The number of phenolic OH excluding ortho intramolecular Hbond substituents is 1. The van der Waals surface area contributed by atoms with Crippen molar-refractivity contribution in [3.05, 3.63) is 35.4 Å². The Labute approximate surface area is 145 Å². The Morgan fingerprint density at radius 3 is 2.46 bits per heavy atom. The summed E-state index contributed by atoms with van der Waals surface area (Å²) in [5.74, 6) is 2.13. The largest absolute Gasteiger partial charge is 0.507 e. The van der Waals surface area contributed by atoms with Gasteiger partial charge in [-0.1, -0.05) is 57.4 Å². The summed E-state index contributed by atoms with van der Waals surface area (Å²) >= 11 is 0. The molecule has 1 aliphatic rings. The number of benzene rings is 2. The summed E-state index contributed by atoms with van der Waals surface area (Å²) in [6.07, 6.45) is 9.26. The van der Waals surface area contributed by atoms with Crippen LogP contribution in [-0.4, -0.2) is 11.7 Å². The fraction of sp³-hybridized carbons (Fsp3) is 0.545. The van der Waals surface area contributed by atoms with E-state index < -0.39 is 0 Å². The first-order chi connectivity index (χ1) is 11.8. The molecule has 0 saturated heterocycles. The van der Waals surface area contributed by atoms with Gasteiger partial charge in [-0.05, 0) is 38.0 Å². The molecule has 130 valence electrons. The second-order valence-corrected chi connectivity index (χ2v) is 7.12. The van der Waals surface area contributed by atoms with Crippen molar-refractivity contribution >= 4 is 10.8 Å². The van der Waals surface area contributed by atoms with Gasteiger partial charge in [0, 0.05) is 21.9 Å². The lowest BCUT2D eigenvalue weighted by Gasteiger charge is -2.25. The van der Waals surface area contributed by atoms with Crippen LogP contribution in [0.25, 0.3) is 10.8 Å². The van der Waals surface area contributed by atoms with Crippen molar-refractivity contribution in [2.75, 3.05) is 6.61 Å². The van der Waals surface area contributed by atoms with Crippen molar-refractivity contribution in [2.45, 2.75) is 65.2 Å². The van der Waals surface area contributed by atoms with Gasteiger partial charge in [0.1, 0.15) is 11.5 Å². The van der Waals surface area contributed by atoms with Crippen LogP contribution in [-0.2, 0) is 12.8 Å². The molecule has 2 heteroatoms. The Morgan fingerprint density at radius 2 is 1.75 bits per heavy atom. The second kappa shape index (κ2) is 7.92. The molecule has 3 rings (SSSR count). The molecule has 0 aromatic heterocycles. The fourth-order valence-electron chi connectivity index (χ4n) is 3.89. The normalized spacial score (nSPS) is 15.2. The monoisotopic (exact) mass is 326 g/mol. The van der Waals surface area contributed by atoms with E-state index in [2.05, 4.69) is 19.9 Å². The third kappa shape index (κ3) is 3.38. The summed E-state index contributed by atoms with van der Waals surface area (Å²) in [7, 11) is 0. The third-order valence-electron chi connectivity index (χ3n) is 5.46. The average Bonchev–Trinajstić information content (AvgIpc) is 2.64. The molecule has 2 nitrogen and oxygen atoms in total. The molecule has 1 unspecified atom stereocenters. The molecule has 0 heterocycles. The topological polar surface area (TPSA) is 29.5 Å². The van der Waals surface area contributed by atoms with Gasteiger partial charge in [0.15, 0.2) is 0 Å². The number of fused-ring (bicyclic) bond motifs is 2. The summed E-state index contributed by atoms with van der Waals surface area (Å²) in [6, 6.07) is 8.14. The molecular formula is C22H30O2. The third-order valence-corrected chi connectivity index (χ3v) is 5.46. The van der Waals surface area contributed by atoms with Gasteiger partial charge >= 0.3 is 0 Å². The maximum Gasteiger partial charge on any atom is 0.130 e. The molecule has 24 heavy (non-hydrogen) atoms. The Morgan fingerprint density at radius 1 is 1.04 bits per heavy atom. The summed E-state index contributed by atoms with van der Waals surface area (Å²) in [5, 5.41) is 12.7. The van der Waals surface area contributed by atoms with E-state index in [4.69, 9.17) is 4.74 Å². The molecular weight excluding hydrogens is 296 g/mol. The maximum absolute atomic E-state index is 10.7. The molecule has 2 aromatic carbocycles. The van der Waals surface area contributed by atoms with Crippen molar-refractivity contribution < 1.29 is 9.84 Å². The lowest BCUT2D eigenvalue weighted by molar-refractivity contribution is 0.233. The molecule has 0 radical (unpaired) electrons. The van der Waals surface area contributed by atoms with E-state index in [0.29, 0.717) is 11.7 Å². The zero-order valence-corrected chi connectivity index (χ0v) is 15.1. The van der Waals surface area contributed by atoms with Crippen LogP contribution in [0.1, 0.15) is 63.5 Å². The van der Waals surface area contributed by atoms with Crippen LogP contribution in [0.15, 0.2) is 24.3 Å². The van der Waals surface area contributed by atoms with Crippen LogP contribution in [0.3, 0.4) is 0 Å². The van der Waals surface area contributed by atoms with Gasteiger partial charge in [-0.15, -0.1) is 0 Å². The number of ether oxygens (including phenoxy) is 1. The van der Waals surface area contributed by atoms with Crippen LogP contribution < -0.4 is 4.74 Å². The fourth-order valence-corrected chi connectivity index (χ4v) is 3.89. The predicted octanol–water partition coefficient (Wildman–Crippen LogP) is 6.02. The highest BCUT2D eigenvalue weighted by Gasteiger charge is 2.22. The maximum atomic E-state index is 10.7. The molecule has 0 bridgehead atoms. The minimum atomic E-state index is 0.477. The van der Waals surface area contributed by atoms with E-state index in [0.717, 1.165) is 54.4 Å². The van der Waals surface area contributed by atoms with Crippen LogP contribution in [0.4, 0.5) is 0 Å². The van der Waals surface area contributed by atoms with E-state index in [1.807, 2.05) is 18.2 Å². The van der Waals surface area contributed by atoms with Gasteiger partial charge in [-0.3, -0.25) is 0 Å². The molecule has 1 atom stereocenters. The number of hydrogen-bond donors (Lipinski definition) is 1. The van der Waals surface area contributed by atoms with Crippen molar-refractivity contribution in [3.63, 3.8) is 0 Å². The lowest BCUT2D eigenvalue weighted by atomic mass is 9.87. The summed E-state index contributed by atoms with van der Waals surface area (Å²) in [6.45, 7) is 5.29. The molecule has 2 aromatic rings. The molecule has 0 amide bonds. The number of aromatic hydroxyl groups is 1. The van der Waals surface area contributed by atoms with E-state index >= 15 is 0 Å². The molecule has 0 aliphatic heterocycles. The lowest BCUT2D eigenvalue weighted by Crippen LogP contribution is -2.14. The van der Waals surface area contributed by atoms with Crippen LogP contribution in [0.2, 0.25) is 0 Å². The number of hydrogen-bond acceptors (Lipinski definition) is 2. The number of phenols is 1. The van der Waals surface area contributed by atoms with Gasteiger partial charge in [0.2, 0.25) is 0 Å². The van der Waals surface area contributed by atoms with Crippen LogP contribution in [0, 0.1) is 5.92 Å². The van der Waals surface area contributed by atoms with Gasteiger partial charge in [0.05, 0.1) is 6.61 Å². The molecule has 0 spiro atoms. The summed E-state index contributed by atoms with van der Waals surface area (Å²) in [4.78, 5) is 0. The zero-order chi connectivity index (χ0) is 16.9. The highest BCUT2D eigenvalue weighted by atomic mass is 16.5. The highest BCUT2D eigenvalue weighted by Crippen LogP contribution is 2.43. The summed E-state index contributed by atoms with van der Waals surface area (Å²) in [5.41, 5.74) is 2.37. The Balaban J connectivity index is 1.95. The molecule has 1 N–H and O–H groups in total. The van der Waals surface area contributed by atoms with E-state index in [1.54, 1.807) is 0 Å². The van der Waals surface area contributed by atoms with Gasteiger partial charge in [-0.2, -0.15) is 0 Å². The minimum absolute atomic E-state index is 0.477. The van der Waals surface area contributed by atoms with E-state index in [1.165, 1.54) is 31.2 Å². The molecule has 0 fully saturated rings. The van der Waals surface area contributed by atoms with Crippen molar-refractivity contribution in [2.24, 2.45) is 5.92 Å². The molecule has 0 saturated carbocycles. The van der Waals surface area contributed by atoms with Crippen molar-refractivity contribution in [1.29, 1.82) is 0 Å². The minimum Gasteiger partial charge on any atom is -0.507 e. The van der Waals surface area contributed by atoms with Crippen LogP contribution >= 0.6 is 0 Å². The van der Waals surface area contributed by atoms with Crippen molar-refractivity contribution in [3.8, 4) is 11.5 Å². The SMILES string of the molecule is CCCCC(CC)COc1c2c(c(O)c3ccccc13)CCCC2. The Bertz CT molecular complexity index is 690. The first kappa shape index (κ1) is 17.1.